The molecule has 0 spiro atoms. The van der Waals surface area contributed by atoms with Gasteiger partial charge in [0.05, 0.1) is 17.4 Å². The number of ether oxygens (including phenoxy) is 1. The molecule has 1 aromatic carbocycles. The van der Waals surface area contributed by atoms with E-state index < -0.39 is 0 Å². The Morgan fingerprint density at radius 3 is 3.06 bits per heavy atom. The highest BCUT2D eigenvalue weighted by molar-refractivity contribution is 9.10. The van der Waals surface area contributed by atoms with Gasteiger partial charge in [0.15, 0.2) is 0 Å². The number of anilines is 1. The van der Waals surface area contributed by atoms with E-state index in [1.54, 1.807) is 0 Å². The third-order valence-corrected chi connectivity index (χ3v) is 3.84. The molecule has 1 N–H and O–H groups in total. The summed E-state index contributed by atoms with van der Waals surface area (Å²) in [7, 11) is 0. The molecule has 1 unspecified atom stereocenters. The molecule has 0 saturated carbocycles. The zero-order valence-electron chi connectivity index (χ0n) is 10.3. The average molecular weight is 309 g/mol. The van der Waals surface area contributed by atoms with E-state index in [-0.39, 0.29) is 0 Å². The summed E-state index contributed by atoms with van der Waals surface area (Å²) in [4.78, 5) is 0. The zero-order valence-corrected chi connectivity index (χ0v) is 11.9. The second-order valence-corrected chi connectivity index (χ2v) is 5.33. The Morgan fingerprint density at radius 2 is 2.33 bits per heavy atom. The Bertz CT molecular complexity index is 436. The number of halogens is 1. The van der Waals surface area contributed by atoms with E-state index >= 15 is 0 Å². The summed E-state index contributed by atoms with van der Waals surface area (Å²) >= 11 is 3.39. The summed E-state index contributed by atoms with van der Waals surface area (Å²) in [5.74, 6) is 0. The first-order chi connectivity index (χ1) is 8.81. The van der Waals surface area contributed by atoms with Crippen molar-refractivity contribution in [2.24, 2.45) is 0 Å². The topological polar surface area (TPSA) is 45.0 Å². The minimum Gasteiger partial charge on any atom is -0.384 e. The quantitative estimate of drug-likeness (QED) is 0.922. The molecule has 1 aliphatic rings. The van der Waals surface area contributed by atoms with Gasteiger partial charge in [0.25, 0.3) is 0 Å². The normalized spacial score (nSPS) is 19.2. The van der Waals surface area contributed by atoms with Crippen molar-refractivity contribution in [1.29, 1.82) is 5.26 Å². The predicted molar refractivity (Wildman–Crippen MR) is 75.6 cm³/mol. The number of hydrogen-bond donors (Lipinski definition) is 1. The van der Waals surface area contributed by atoms with E-state index in [9.17, 15) is 0 Å². The fourth-order valence-electron chi connectivity index (χ4n) is 2.19. The molecule has 1 atom stereocenters. The van der Waals surface area contributed by atoms with Crippen LogP contribution in [0.5, 0.6) is 0 Å². The standard InChI is InChI=1S/C14H17BrN2O/c15-13-5-3-6-14(12(13)10-16)17-8-7-11-4-1-2-9-18-11/h3,5-6,11,17H,1-2,4,7-9H2. The largest absolute Gasteiger partial charge is 0.384 e. The van der Waals surface area contributed by atoms with Crippen LogP contribution in [0.2, 0.25) is 0 Å². The highest BCUT2D eigenvalue weighted by Gasteiger charge is 2.13. The van der Waals surface area contributed by atoms with Gasteiger partial charge >= 0.3 is 0 Å². The minimum atomic E-state index is 0.379. The summed E-state index contributed by atoms with van der Waals surface area (Å²) < 4.78 is 6.52. The van der Waals surface area contributed by atoms with E-state index in [2.05, 4.69) is 27.3 Å². The number of rotatable bonds is 4. The van der Waals surface area contributed by atoms with Crippen LogP contribution in [0.4, 0.5) is 5.69 Å². The third-order valence-electron chi connectivity index (χ3n) is 3.18. The molecule has 0 radical (unpaired) electrons. The maximum Gasteiger partial charge on any atom is 0.103 e. The molecule has 0 amide bonds. The van der Waals surface area contributed by atoms with Crippen molar-refractivity contribution >= 4 is 21.6 Å². The molecule has 4 heteroatoms. The monoisotopic (exact) mass is 308 g/mol. The van der Waals surface area contributed by atoms with Gasteiger partial charge in [-0.2, -0.15) is 5.26 Å². The van der Waals surface area contributed by atoms with Gasteiger partial charge in [-0.3, -0.25) is 0 Å². The lowest BCUT2D eigenvalue weighted by Gasteiger charge is -2.22. The molecule has 0 aromatic heterocycles. The molecule has 1 heterocycles. The molecular weight excluding hydrogens is 292 g/mol. The van der Waals surface area contributed by atoms with Crippen molar-refractivity contribution in [3.8, 4) is 6.07 Å². The SMILES string of the molecule is N#Cc1c(Br)cccc1NCCC1CCCCO1. The molecule has 1 saturated heterocycles. The molecule has 0 aliphatic carbocycles. The van der Waals surface area contributed by atoms with Gasteiger partial charge in [-0.05, 0) is 53.7 Å². The number of hydrogen-bond acceptors (Lipinski definition) is 3. The van der Waals surface area contributed by atoms with Crippen molar-refractivity contribution in [2.45, 2.75) is 31.8 Å². The van der Waals surface area contributed by atoms with Crippen molar-refractivity contribution in [3.05, 3.63) is 28.2 Å². The maximum absolute atomic E-state index is 9.10. The van der Waals surface area contributed by atoms with Crippen molar-refractivity contribution in [2.75, 3.05) is 18.5 Å². The van der Waals surface area contributed by atoms with Crippen molar-refractivity contribution < 1.29 is 4.74 Å². The number of nitrogens with one attached hydrogen (secondary N) is 1. The zero-order chi connectivity index (χ0) is 12.8. The molecule has 1 fully saturated rings. The first-order valence-corrected chi connectivity index (χ1v) is 7.14. The highest BCUT2D eigenvalue weighted by Crippen LogP contribution is 2.24. The fraction of sp³-hybridized carbons (Fsp3) is 0.500. The van der Waals surface area contributed by atoms with Crippen molar-refractivity contribution in [1.82, 2.24) is 0 Å². The number of nitrogens with zero attached hydrogens (tertiary/aromatic N) is 1. The van der Waals surface area contributed by atoms with Crippen LogP contribution in [-0.4, -0.2) is 19.3 Å². The Labute approximate surface area is 116 Å². The third kappa shape index (κ3) is 3.47. The van der Waals surface area contributed by atoms with E-state index in [1.807, 2.05) is 18.2 Å². The molecule has 2 rings (SSSR count). The highest BCUT2D eigenvalue weighted by atomic mass is 79.9. The van der Waals surface area contributed by atoms with Crippen LogP contribution in [0, 0.1) is 11.3 Å². The first-order valence-electron chi connectivity index (χ1n) is 6.35. The van der Waals surface area contributed by atoms with E-state index in [1.165, 1.54) is 12.8 Å². The van der Waals surface area contributed by atoms with E-state index in [0.717, 1.165) is 36.2 Å². The second-order valence-electron chi connectivity index (χ2n) is 4.48. The van der Waals surface area contributed by atoms with Gasteiger partial charge in [0.2, 0.25) is 0 Å². The van der Waals surface area contributed by atoms with Crippen LogP contribution in [0.15, 0.2) is 22.7 Å². The summed E-state index contributed by atoms with van der Waals surface area (Å²) in [5, 5.41) is 12.4. The van der Waals surface area contributed by atoms with Crippen LogP contribution in [0.3, 0.4) is 0 Å². The van der Waals surface area contributed by atoms with Crippen molar-refractivity contribution in [3.63, 3.8) is 0 Å². The van der Waals surface area contributed by atoms with Crippen LogP contribution < -0.4 is 5.32 Å². The summed E-state index contributed by atoms with van der Waals surface area (Å²) in [5.41, 5.74) is 1.56. The molecule has 1 aromatic rings. The van der Waals surface area contributed by atoms with Gasteiger partial charge < -0.3 is 10.1 Å². The Balaban J connectivity index is 1.86. The molecule has 96 valence electrons. The van der Waals surface area contributed by atoms with Gasteiger partial charge in [-0.1, -0.05) is 6.07 Å². The maximum atomic E-state index is 9.10. The predicted octanol–water partition coefficient (Wildman–Crippen LogP) is 3.69. The first kappa shape index (κ1) is 13.4. The van der Waals surface area contributed by atoms with Crippen LogP contribution in [-0.2, 0) is 4.74 Å². The smallest absolute Gasteiger partial charge is 0.103 e. The summed E-state index contributed by atoms with van der Waals surface area (Å²) in [6.07, 6.45) is 4.99. The Morgan fingerprint density at radius 1 is 1.44 bits per heavy atom. The van der Waals surface area contributed by atoms with Gasteiger partial charge in [-0.15, -0.1) is 0 Å². The van der Waals surface area contributed by atoms with Crippen LogP contribution >= 0.6 is 15.9 Å². The van der Waals surface area contributed by atoms with Crippen LogP contribution in [0.25, 0.3) is 0 Å². The fourth-order valence-corrected chi connectivity index (χ4v) is 2.64. The summed E-state index contributed by atoms with van der Waals surface area (Å²) in [6.45, 7) is 1.74. The Kier molecular flexibility index (Phi) is 5.03. The lowest BCUT2D eigenvalue weighted by Crippen LogP contribution is -2.22. The van der Waals surface area contributed by atoms with E-state index in [0.29, 0.717) is 11.7 Å². The average Bonchev–Trinajstić information content (AvgIpc) is 2.40. The Hall–Kier alpha value is -1.05. The molecule has 0 bridgehead atoms. The van der Waals surface area contributed by atoms with Gasteiger partial charge in [0, 0.05) is 17.6 Å². The van der Waals surface area contributed by atoms with Crippen LogP contribution in [0.1, 0.15) is 31.2 Å². The van der Waals surface area contributed by atoms with Gasteiger partial charge in [-0.25, -0.2) is 0 Å². The molecule has 3 nitrogen and oxygen atoms in total. The molecule has 18 heavy (non-hydrogen) atoms. The molecule has 1 aliphatic heterocycles. The lowest BCUT2D eigenvalue weighted by atomic mass is 10.1. The lowest BCUT2D eigenvalue weighted by molar-refractivity contribution is 0.0134. The minimum absolute atomic E-state index is 0.379. The second kappa shape index (κ2) is 6.77. The van der Waals surface area contributed by atoms with Gasteiger partial charge in [0.1, 0.15) is 6.07 Å². The number of nitriles is 1. The summed E-state index contributed by atoms with van der Waals surface area (Å²) in [6, 6.07) is 7.97. The number of benzene rings is 1. The van der Waals surface area contributed by atoms with E-state index in [4.69, 9.17) is 10.00 Å². The molecular formula is C14H17BrN2O.